The molecule has 2 bridgehead atoms. The van der Waals surface area contributed by atoms with Crippen LogP contribution in [-0.4, -0.2) is 25.2 Å². The molecule has 0 aliphatic heterocycles. The summed E-state index contributed by atoms with van der Waals surface area (Å²) in [6, 6.07) is 9.25. The predicted octanol–water partition coefficient (Wildman–Crippen LogP) is 4.89. The highest BCUT2D eigenvalue weighted by Crippen LogP contribution is 2.63. The quantitative estimate of drug-likeness (QED) is 0.677. The van der Waals surface area contributed by atoms with Crippen molar-refractivity contribution >= 4 is 5.97 Å². The molecule has 5 heteroatoms. The second-order valence-electron chi connectivity index (χ2n) is 8.81. The molecular weight excluding hydrogens is 366 g/mol. The summed E-state index contributed by atoms with van der Waals surface area (Å²) in [6.07, 6.45) is 8.39. The SMILES string of the molecule is COc1ccc(-c2ncccc2OC(=O)C23CCCC(C2)C2CC2C3)cc1OC. The molecule has 3 saturated carbocycles. The Morgan fingerprint density at radius 3 is 2.72 bits per heavy atom. The molecule has 1 aromatic heterocycles. The fourth-order valence-corrected chi connectivity index (χ4v) is 5.69. The van der Waals surface area contributed by atoms with Gasteiger partial charge in [-0.1, -0.05) is 12.8 Å². The van der Waals surface area contributed by atoms with Crippen molar-refractivity contribution in [1.82, 2.24) is 4.98 Å². The van der Waals surface area contributed by atoms with Gasteiger partial charge in [0.25, 0.3) is 0 Å². The van der Waals surface area contributed by atoms with Gasteiger partial charge in [0, 0.05) is 11.8 Å². The van der Waals surface area contributed by atoms with E-state index in [1.54, 1.807) is 20.4 Å². The Labute approximate surface area is 171 Å². The number of fused-ring (bicyclic) bond motifs is 4. The third kappa shape index (κ3) is 3.17. The first-order chi connectivity index (χ1) is 14.1. The molecule has 3 fully saturated rings. The number of hydrogen-bond donors (Lipinski definition) is 0. The number of nitrogens with zero attached hydrogens (tertiary/aromatic N) is 1. The zero-order valence-corrected chi connectivity index (χ0v) is 17.0. The fraction of sp³-hybridized carbons (Fsp3) is 0.500. The molecule has 4 unspecified atom stereocenters. The lowest BCUT2D eigenvalue weighted by Crippen LogP contribution is -2.43. The molecule has 1 aromatic carbocycles. The summed E-state index contributed by atoms with van der Waals surface area (Å²) in [5.41, 5.74) is 1.17. The van der Waals surface area contributed by atoms with Gasteiger partial charge in [0.2, 0.25) is 0 Å². The minimum Gasteiger partial charge on any atom is -0.493 e. The molecule has 3 aliphatic carbocycles. The Morgan fingerprint density at radius 1 is 1.07 bits per heavy atom. The van der Waals surface area contributed by atoms with Gasteiger partial charge in [0.15, 0.2) is 17.2 Å². The summed E-state index contributed by atoms with van der Waals surface area (Å²) in [4.78, 5) is 17.9. The summed E-state index contributed by atoms with van der Waals surface area (Å²) < 4.78 is 16.8. The van der Waals surface area contributed by atoms with Crippen molar-refractivity contribution in [3.05, 3.63) is 36.5 Å². The maximum absolute atomic E-state index is 13.4. The van der Waals surface area contributed by atoms with E-state index in [2.05, 4.69) is 4.98 Å². The van der Waals surface area contributed by atoms with E-state index < -0.39 is 0 Å². The highest BCUT2D eigenvalue weighted by molar-refractivity contribution is 5.82. The van der Waals surface area contributed by atoms with Crippen LogP contribution in [0.15, 0.2) is 36.5 Å². The van der Waals surface area contributed by atoms with Crippen LogP contribution in [0.25, 0.3) is 11.3 Å². The van der Waals surface area contributed by atoms with Crippen molar-refractivity contribution in [1.29, 1.82) is 0 Å². The zero-order chi connectivity index (χ0) is 20.0. The Hall–Kier alpha value is -2.56. The number of benzene rings is 1. The smallest absolute Gasteiger partial charge is 0.317 e. The van der Waals surface area contributed by atoms with Crippen LogP contribution >= 0.6 is 0 Å². The average Bonchev–Trinajstić information content (AvgIpc) is 3.53. The lowest BCUT2D eigenvalue weighted by atomic mass is 9.62. The number of methoxy groups -OCH3 is 2. The van der Waals surface area contributed by atoms with Gasteiger partial charge in [-0.15, -0.1) is 0 Å². The molecule has 0 amide bonds. The number of carbonyl (C=O) groups excluding carboxylic acids is 1. The van der Waals surface area contributed by atoms with Crippen LogP contribution in [0.5, 0.6) is 17.2 Å². The van der Waals surface area contributed by atoms with Gasteiger partial charge in [-0.3, -0.25) is 9.78 Å². The molecular formula is C24H27NO4. The third-order valence-corrected chi connectivity index (χ3v) is 7.18. The lowest BCUT2D eigenvalue weighted by Gasteiger charge is -2.42. The molecule has 2 aromatic rings. The van der Waals surface area contributed by atoms with Crippen LogP contribution in [0.1, 0.15) is 38.5 Å². The second kappa shape index (κ2) is 7.05. The molecule has 5 nitrogen and oxygen atoms in total. The summed E-state index contributed by atoms with van der Waals surface area (Å²) in [7, 11) is 3.21. The van der Waals surface area contributed by atoms with Gasteiger partial charge in [-0.05, 0) is 73.8 Å². The van der Waals surface area contributed by atoms with Gasteiger partial charge < -0.3 is 14.2 Å². The molecule has 5 rings (SSSR count). The standard InChI is InChI=1S/C24H27NO4/c1-27-19-8-7-15(12-21(19)28-2)22-20(6-4-10-25-22)29-23(26)24-9-3-5-16(13-24)18-11-17(18)14-24/h4,6-8,10,12,16-18H,3,5,9,11,13-14H2,1-2H3. The van der Waals surface area contributed by atoms with E-state index in [9.17, 15) is 4.79 Å². The number of esters is 1. The maximum atomic E-state index is 13.4. The van der Waals surface area contributed by atoms with E-state index in [4.69, 9.17) is 14.2 Å². The van der Waals surface area contributed by atoms with E-state index in [1.165, 1.54) is 12.8 Å². The Bertz CT molecular complexity index is 942. The highest BCUT2D eigenvalue weighted by atomic mass is 16.5. The largest absolute Gasteiger partial charge is 0.493 e. The Kier molecular flexibility index (Phi) is 4.49. The molecule has 0 N–H and O–H groups in total. The van der Waals surface area contributed by atoms with Crippen molar-refractivity contribution in [2.45, 2.75) is 38.5 Å². The van der Waals surface area contributed by atoms with Gasteiger partial charge in [-0.2, -0.15) is 0 Å². The monoisotopic (exact) mass is 393 g/mol. The van der Waals surface area contributed by atoms with Crippen LogP contribution < -0.4 is 14.2 Å². The number of pyridine rings is 1. The van der Waals surface area contributed by atoms with Crippen molar-refractivity contribution < 1.29 is 19.0 Å². The Morgan fingerprint density at radius 2 is 1.90 bits per heavy atom. The van der Waals surface area contributed by atoms with Crippen molar-refractivity contribution in [3.63, 3.8) is 0 Å². The highest BCUT2D eigenvalue weighted by Gasteiger charge is 2.58. The van der Waals surface area contributed by atoms with Crippen LogP contribution in [-0.2, 0) is 4.79 Å². The predicted molar refractivity (Wildman–Crippen MR) is 109 cm³/mol. The molecule has 4 atom stereocenters. The van der Waals surface area contributed by atoms with Gasteiger partial charge in [0.1, 0.15) is 5.69 Å². The average molecular weight is 393 g/mol. The van der Waals surface area contributed by atoms with E-state index >= 15 is 0 Å². The zero-order valence-electron chi connectivity index (χ0n) is 17.0. The van der Waals surface area contributed by atoms with Crippen LogP contribution in [0, 0.1) is 23.2 Å². The third-order valence-electron chi connectivity index (χ3n) is 7.18. The van der Waals surface area contributed by atoms with E-state index in [1.807, 2.05) is 30.3 Å². The van der Waals surface area contributed by atoms with Crippen molar-refractivity contribution in [2.24, 2.45) is 23.2 Å². The first kappa shape index (κ1) is 18.5. The van der Waals surface area contributed by atoms with Gasteiger partial charge in [-0.25, -0.2) is 0 Å². The maximum Gasteiger partial charge on any atom is 0.317 e. The first-order valence-corrected chi connectivity index (χ1v) is 10.5. The summed E-state index contributed by atoms with van der Waals surface area (Å²) >= 11 is 0. The summed E-state index contributed by atoms with van der Waals surface area (Å²) in [5, 5.41) is 0. The summed E-state index contributed by atoms with van der Waals surface area (Å²) in [6.45, 7) is 0. The first-order valence-electron chi connectivity index (χ1n) is 10.5. The van der Waals surface area contributed by atoms with Crippen LogP contribution in [0.2, 0.25) is 0 Å². The van der Waals surface area contributed by atoms with E-state index in [0.29, 0.717) is 28.9 Å². The van der Waals surface area contributed by atoms with Gasteiger partial charge in [0.05, 0.1) is 19.6 Å². The normalized spacial score (nSPS) is 29.5. The number of ether oxygens (including phenoxy) is 3. The van der Waals surface area contributed by atoms with E-state index in [0.717, 1.165) is 43.1 Å². The molecule has 0 radical (unpaired) electrons. The minimum atomic E-state index is -0.300. The fourth-order valence-electron chi connectivity index (χ4n) is 5.69. The number of rotatable bonds is 5. The number of carbonyl (C=O) groups is 1. The molecule has 29 heavy (non-hydrogen) atoms. The van der Waals surface area contributed by atoms with Gasteiger partial charge >= 0.3 is 5.97 Å². The second-order valence-corrected chi connectivity index (χ2v) is 8.81. The number of hydrogen-bond acceptors (Lipinski definition) is 5. The molecule has 3 aliphatic rings. The minimum absolute atomic E-state index is 0.0673. The molecule has 0 spiro atoms. The molecule has 0 saturated heterocycles. The lowest BCUT2D eigenvalue weighted by molar-refractivity contribution is -0.152. The number of aromatic nitrogens is 1. The molecule has 1 heterocycles. The van der Waals surface area contributed by atoms with Crippen LogP contribution in [0.4, 0.5) is 0 Å². The Balaban J connectivity index is 1.44. The summed E-state index contributed by atoms with van der Waals surface area (Å²) in [5.74, 6) is 4.04. The van der Waals surface area contributed by atoms with Crippen LogP contribution in [0.3, 0.4) is 0 Å². The van der Waals surface area contributed by atoms with Crippen molar-refractivity contribution in [3.8, 4) is 28.5 Å². The van der Waals surface area contributed by atoms with E-state index in [-0.39, 0.29) is 11.4 Å². The van der Waals surface area contributed by atoms with Crippen molar-refractivity contribution in [2.75, 3.05) is 14.2 Å². The molecule has 152 valence electrons. The topological polar surface area (TPSA) is 57.7 Å².